The Kier molecular flexibility index (Phi) is 4.72. The Morgan fingerprint density at radius 2 is 1.79 bits per heavy atom. The number of benzene rings is 2. The Balaban J connectivity index is 1.35. The number of anilines is 2. The quantitative estimate of drug-likeness (QED) is 0.686. The van der Waals surface area contributed by atoms with E-state index in [0.29, 0.717) is 6.54 Å². The Morgan fingerprint density at radius 3 is 2.69 bits per heavy atom. The minimum Gasteiger partial charge on any atom is -0.356 e. The molecule has 2 aromatic carbocycles. The van der Waals surface area contributed by atoms with E-state index in [0.717, 1.165) is 55.1 Å². The van der Waals surface area contributed by atoms with E-state index in [9.17, 15) is 4.79 Å². The molecule has 5 nitrogen and oxygen atoms in total. The zero-order valence-electron chi connectivity index (χ0n) is 16.4. The number of nitrogens with zero attached hydrogens (tertiary/aromatic N) is 4. The number of aromatic nitrogens is 2. The first-order valence-corrected chi connectivity index (χ1v) is 10.3. The molecule has 3 aromatic rings. The molecular weight excluding hydrogens is 360 g/mol. The molecule has 0 aliphatic carbocycles. The third kappa shape index (κ3) is 3.48. The van der Waals surface area contributed by atoms with Crippen molar-refractivity contribution in [2.45, 2.75) is 19.3 Å². The number of fused-ring (bicyclic) bond motifs is 1. The summed E-state index contributed by atoms with van der Waals surface area (Å²) in [4.78, 5) is 26.5. The van der Waals surface area contributed by atoms with Crippen molar-refractivity contribution in [2.24, 2.45) is 5.92 Å². The van der Waals surface area contributed by atoms with Gasteiger partial charge in [-0.1, -0.05) is 48.5 Å². The fourth-order valence-electron chi connectivity index (χ4n) is 4.46. The lowest BCUT2D eigenvalue weighted by Crippen LogP contribution is -2.44. The fraction of sp³-hybridized carbons (Fsp3) is 0.292. The number of piperidine rings is 1. The second-order valence-electron chi connectivity index (χ2n) is 7.78. The number of carbonyl (C=O) groups excluding carboxylic acids is 1. The molecule has 1 saturated heterocycles. The van der Waals surface area contributed by atoms with Crippen LogP contribution in [0.2, 0.25) is 0 Å². The van der Waals surface area contributed by atoms with Gasteiger partial charge in [0.05, 0.1) is 11.6 Å². The molecule has 5 heteroatoms. The van der Waals surface area contributed by atoms with E-state index in [2.05, 4.69) is 45.2 Å². The molecule has 0 saturated carbocycles. The van der Waals surface area contributed by atoms with Crippen molar-refractivity contribution in [3.63, 3.8) is 0 Å². The fourth-order valence-corrected chi connectivity index (χ4v) is 4.46. The van der Waals surface area contributed by atoms with Gasteiger partial charge in [0.25, 0.3) is 0 Å². The molecule has 0 bridgehead atoms. The van der Waals surface area contributed by atoms with Gasteiger partial charge >= 0.3 is 0 Å². The first kappa shape index (κ1) is 17.9. The van der Waals surface area contributed by atoms with Gasteiger partial charge in [0.1, 0.15) is 12.1 Å². The van der Waals surface area contributed by atoms with Gasteiger partial charge in [-0.2, -0.15) is 0 Å². The number of hydrogen-bond donors (Lipinski definition) is 0. The van der Waals surface area contributed by atoms with E-state index in [1.54, 1.807) is 6.33 Å². The first-order valence-electron chi connectivity index (χ1n) is 10.3. The van der Waals surface area contributed by atoms with Crippen molar-refractivity contribution in [1.29, 1.82) is 0 Å². The van der Waals surface area contributed by atoms with Crippen molar-refractivity contribution in [1.82, 2.24) is 9.97 Å². The van der Waals surface area contributed by atoms with Crippen LogP contribution >= 0.6 is 0 Å². The number of carbonyl (C=O) groups is 1. The molecule has 5 rings (SSSR count). The maximum absolute atomic E-state index is 13.3. The zero-order valence-corrected chi connectivity index (χ0v) is 16.4. The third-order valence-corrected chi connectivity index (χ3v) is 5.97. The van der Waals surface area contributed by atoms with Crippen LogP contribution < -0.4 is 9.80 Å². The van der Waals surface area contributed by atoms with Gasteiger partial charge in [-0.05, 0) is 30.9 Å². The molecule has 2 aliphatic heterocycles. The molecule has 1 amide bonds. The van der Waals surface area contributed by atoms with Crippen LogP contribution in [0.4, 0.5) is 11.5 Å². The predicted octanol–water partition coefficient (Wildman–Crippen LogP) is 3.95. The summed E-state index contributed by atoms with van der Waals surface area (Å²) in [5.74, 6) is 1.15. The minimum absolute atomic E-state index is 0.00467. The maximum Gasteiger partial charge on any atom is 0.231 e. The second-order valence-corrected chi connectivity index (χ2v) is 7.78. The normalized spacial score (nSPS) is 18.6. The van der Waals surface area contributed by atoms with E-state index in [1.807, 2.05) is 35.2 Å². The topological polar surface area (TPSA) is 49.3 Å². The maximum atomic E-state index is 13.3. The summed E-state index contributed by atoms with van der Waals surface area (Å²) in [5.41, 5.74) is 4.35. The molecule has 29 heavy (non-hydrogen) atoms. The molecule has 0 N–H and O–H groups in total. The predicted molar refractivity (Wildman–Crippen MR) is 115 cm³/mol. The van der Waals surface area contributed by atoms with Gasteiger partial charge in [0, 0.05) is 37.0 Å². The van der Waals surface area contributed by atoms with Crippen molar-refractivity contribution >= 4 is 17.4 Å². The van der Waals surface area contributed by atoms with E-state index in [4.69, 9.17) is 0 Å². The van der Waals surface area contributed by atoms with Crippen LogP contribution in [0, 0.1) is 5.92 Å². The molecular formula is C24H24N4O. The molecule has 1 atom stereocenters. The Hall–Kier alpha value is -3.21. The van der Waals surface area contributed by atoms with Gasteiger partial charge in [-0.25, -0.2) is 9.97 Å². The summed E-state index contributed by atoms with van der Waals surface area (Å²) in [7, 11) is 0. The monoisotopic (exact) mass is 384 g/mol. The Morgan fingerprint density at radius 1 is 0.966 bits per heavy atom. The Labute approximate surface area is 171 Å². The standard InChI is InChI=1S/C24H24N4O/c29-24(28-14-12-19-9-4-5-11-22(19)28)20-10-6-13-27(16-20)23-15-21(25-17-26-23)18-7-2-1-3-8-18/h1-5,7-9,11,15,17,20H,6,10,12-14,16H2. The molecule has 0 radical (unpaired) electrons. The lowest BCUT2D eigenvalue weighted by molar-refractivity contribution is -0.122. The van der Waals surface area contributed by atoms with Crippen LogP contribution in [0.15, 0.2) is 67.0 Å². The Bertz CT molecular complexity index is 1020. The van der Waals surface area contributed by atoms with Crippen LogP contribution in [0.25, 0.3) is 11.3 Å². The van der Waals surface area contributed by atoms with Crippen LogP contribution in [0.5, 0.6) is 0 Å². The van der Waals surface area contributed by atoms with Gasteiger partial charge in [0.15, 0.2) is 0 Å². The number of amides is 1. The largest absolute Gasteiger partial charge is 0.356 e. The average molecular weight is 384 g/mol. The highest BCUT2D eigenvalue weighted by Crippen LogP contribution is 2.31. The van der Waals surface area contributed by atoms with Gasteiger partial charge in [-0.15, -0.1) is 0 Å². The molecule has 2 aliphatic rings. The van der Waals surface area contributed by atoms with E-state index in [1.165, 1.54) is 5.56 Å². The van der Waals surface area contributed by atoms with Crippen molar-refractivity contribution in [3.8, 4) is 11.3 Å². The molecule has 3 heterocycles. The second kappa shape index (κ2) is 7.66. The molecule has 1 aromatic heterocycles. The van der Waals surface area contributed by atoms with Gasteiger partial charge in [-0.3, -0.25) is 4.79 Å². The molecule has 1 fully saturated rings. The van der Waals surface area contributed by atoms with Crippen molar-refractivity contribution in [2.75, 3.05) is 29.4 Å². The van der Waals surface area contributed by atoms with Gasteiger partial charge < -0.3 is 9.80 Å². The van der Waals surface area contributed by atoms with E-state index < -0.39 is 0 Å². The zero-order chi connectivity index (χ0) is 19.6. The summed E-state index contributed by atoms with van der Waals surface area (Å²) < 4.78 is 0. The number of hydrogen-bond acceptors (Lipinski definition) is 4. The van der Waals surface area contributed by atoms with E-state index in [-0.39, 0.29) is 11.8 Å². The van der Waals surface area contributed by atoms with Crippen LogP contribution in [0.3, 0.4) is 0 Å². The smallest absolute Gasteiger partial charge is 0.231 e. The molecule has 1 unspecified atom stereocenters. The lowest BCUT2D eigenvalue weighted by Gasteiger charge is -2.34. The highest BCUT2D eigenvalue weighted by Gasteiger charge is 2.33. The van der Waals surface area contributed by atoms with Crippen LogP contribution in [0.1, 0.15) is 18.4 Å². The minimum atomic E-state index is 0.00467. The highest BCUT2D eigenvalue weighted by molar-refractivity contribution is 5.97. The average Bonchev–Trinajstić information content (AvgIpc) is 3.23. The summed E-state index contributed by atoms with van der Waals surface area (Å²) in [5, 5.41) is 0. The summed E-state index contributed by atoms with van der Waals surface area (Å²) in [6.07, 6.45) is 4.51. The highest BCUT2D eigenvalue weighted by atomic mass is 16.2. The first-order chi connectivity index (χ1) is 14.3. The lowest BCUT2D eigenvalue weighted by atomic mass is 9.96. The third-order valence-electron chi connectivity index (χ3n) is 5.97. The van der Waals surface area contributed by atoms with Gasteiger partial charge in [0.2, 0.25) is 5.91 Å². The number of para-hydroxylation sites is 1. The SMILES string of the molecule is O=C(C1CCCN(c2cc(-c3ccccc3)ncn2)C1)N1CCc2ccccc21. The summed E-state index contributed by atoms with van der Waals surface area (Å²) in [6, 6.07) is 20.4. The summed E-state index contributed by atoms with van der Waals surface area (Å²) in [6.45, 7) is 2.43. The molecule has 146 valence electrons. The molecule has 0 spiro atoms. The van der Waals surface area contributed by atoms with Crippen LogP contribution in [-0.2, 0) is 11.2 Å². The number of rotatable bonds is 3. The van der Waals surface area contributed by atoms with Crippen molar-refractivity contribution < 1.29 is 4.79 Å². The van der Waals surface area contributed by atoms with E-state index >= 15 is 0 Å². The van der Waals surface area contributed by atoms with Crippen LogP contribution in [-0.4, -0.2) is 35.5 Å². The summed E-state index contributed by atoms with van der Waals surface area (Å²) >= 11 is 0. The van der Waals surface area contributed by atoms with Crippen molar-refractivity contribution in [3.05, 3.63) is 72.6 Å².